The molecule has 0 unspecified atom stereocenters. The predicted octanol–water partition coefficient (Wildman–Crippen LogP) is 4.33. The van der Waals surface area contributed by atoms with Crippen molar-refractivity contribution in [3.63, 3.8) is 0 Å². The van der Waals surface area contributed by atoms with Gasteiger partial charge in [-0.25, -0.2) is 0 Å². The molecule has 0 aromatic heterocycles. The third-order valence-electron chi connectivity index (χ3n) is 2.65. The van der Waals surface area contributed by atoms with Gasteiger partial charge in [-0.1, -0.05) is 15.9 Å². The average Bonchev–Trinajstić information content (AvgIpc) is 2.40. The van der Waals surface area contributed by atoms with Gasteiger partial charge in [-0.05, 0) is 37.3 Å². The van der Waals surface area contributed by atoms with Gasteiger partial charge >= 0.3 is 0 Å². The van der Waals surface area contributed by atoms with Crippen molar-refractivity contribution in [2.24, 2.45) is 0 Å². The van der Waals surface area contributed by atoms with Crippen LogP contribution in [0.1, 0.15) is 11.1 Å². The van der Waals surface area contributed by atoms with E-state index in [0.29, 0.717) is 22.6 Å². The van der Waals surface area contributed by atoms with Crippen molar-refractivity contribution in [1.82, 2.24) is 0 Å². The van der Waals surface area contributed by atoms with Crippen LogP contribution in [0.25, 0.3) is 0 Å². The van der Waals surface area contributed by atoms with Crippen molar-refractivity contribution in [3.8, 4) is 17.6 Å². The Morgan fingerprint density at radius 1 is 1.30 bits per heavy atom. The number of hydrogen-bond donors (Lipinski definition) is 0. The van der Waals surface area contributed by atoms with E-state index in [9.17, 15) is 10.1 Å². The molecule has 0 atom stereocenters. The summed E-state index contributed by atoms with van der Waals surface area (Å²) in [5.74, 6) is 0.857. The van der Waals surface area contributed by atoms with Crippen LogP contribution < -0.4 is 4.74 Å². The summed E-state index contributed by atoms with van der Waals surface area (Å²) in [4.78, 5) is 10.3. The molecule has 20 heavy (non-hydrogen) atoms. The van der Waals surface area contributed by atoms with Crippen LogP contribution >= 0.6 is 15.9 Å². The van der Waals surface area contributed by atoms with Crippen molar-refractivity contribution >= 4 is 21.6 Å². The lowest BCUT2D eigenvalue weighted by molar-refractivity contribution is -0.385. The molecule has 0 saturated carbocycles. The Kier molecular flexibility index (Phi) is 4.01. The summed E-state index contributed by atoms with van der Waals surface area (Å²) >= 11 is 3.28. The zero-order valence-corrected chi connectivity index (χ0v) is 12.0. The van der Waals surface area contributed by atoms with E-state index in [4.69, 9.17) is 10.00 Å². The fraction of sp³-hybridized carbons (Fsp3) is 0.0714. The number of rotatable bonds is 3. The van der Waals surface area contributed by atoms with Crippen molar-refractivity contribution in [2.45, 2.75) is 6.92 Å². The molecule has 5 nitrogen and oxygen atoms in total. The predicted molar refractivity (Wildman–Crippen MR) is 76.8 cm³/mol. The molecule has 0 aliphatic rings. The van der Waals surface area contributed by atoms with Crippen LogP contribution in [0.15, 0.2) is 40.9 Å². The van der Waals surface area contributed by atoms with E-state index in [1.165, 1.54) is 12.1 Å². The minimum atomic E-state index is -0.445. The molecule has 2 aromatic carbocycles. The van der Waals surface area contributed by atoms with Gasteiger partial charge in [0, 0.05) is 16.1 Å². The van der Waals surface area contributed by atoms with E-state index < -0.39 is 4.92 Å². The summed E-state index contributed by atoms with van der Waals surface area (Å²) in [6, 6.07) is 11.6. The van der Waals surface area contributed by atoms with Crippen LogP contribution in [0.3, 0.4) is 0 Å². The largest absolute Gasteiger partial charge is 0.456 e. The number of benzene rings is 2. The molecular formula is C14H9BrN2O3. The fourth-order valence-corrected chi connectivity index (χ4v) is 2.06. The summed E-state index contributed by atoms with van der Waals surface area (Å²) in [7, 11) is 0. The molecule has 0 N–H and O–H groups in total. The van der Waals surface area contributed by atoms with Gasteiger partial charge in [0.1, 0.15) is 17.6 Å². The first kappa shape index (κ1) is 14.0. The first-order valence-electron chi connectivity index (χ1n) is 5.64. The molecule has 0 amide bonds. The zero-order valence-electron chi connectivity index (χ0n) is 10.5. The van der Waals surface area contributed by atoms with Crippen LogP contribution in [0.5, 0.6) is 11.5 Å². The smallest absolute Gasteiger partial charge is 0.272 e. The molecule has 100 valence electrons. The van der Waals surface area contributed by atoms with E-state index in [1.807, 2.05) is 6.07 Å². The Balaban J connectivity index is 2.34. The van der Waals surface area contributed by atoms with Crippen LogP contribution in [0, 0.1) is 28.4 Å². The highest BCUT2D eigenvalue weighted by Crippen LogP contribution is 2.30. The summed E-state index contributed by atoms with van der Waals surface area (Å²) in [5, 5.41) is 19.8. The van der Waals surface area contributed by atoms with Gasteiger partial charge in [0.15, 0.2) is 0 Å². The number of nitro groups is 1. The van der Waals surface area contributed by atoms with E-state index in [-0.39, 0.29) is 5.69 Å². The normalized spacial score (nSPS) is 9.85. The topological polar surface area (TPSA) is 76.2 Å². The molecule has 0 fully saturated rings. The summed E-state index contributed by atoms with van der Waals surface area (Å²) < 4.78 is 6.38. The van der Waals surface area contributed by atoms with Crippen LogP contribution in [0.4, 0.5) is 5.69 Å². The van der Waals surface area contributed by atoms with Gasteiger partial charge in [-0.15, -0.1) is 0 Å². The Morgan fingerprint density at radius 3 is 2.65 bits per heavy atom. The number of nitrogens with zero attached hydrogens (tertiary/aromatic N) is 2. The van der Waals surface area contributed by atoms with Crippen molar-refractivity contribution in [3.05, 3.63) is 62.1 Å². The maximum absolute atomic E-state index is 10.7. The first-order chi connectivity index (χ1) is 9.51. The second-order valence-corrected chi connectivity index (χ2v) is 4.98. The van der Waals surface area contributed by atoms with Gasteiger partial charge in [0.2, 0.25) is 0 Å². The quantitative estimate of drug-likeness (QED) is 0.619. The number of nitriles is 1. The molecule has 6 heteroatoms. The van der Waals surface area contributed by atoms with Gasteiger partial charge in [-0.2, -0.15) is 5.26 Å². The highest BCUT2D eigenvalue weighted by Gasteiger charge is 2.12. The maximum Gasteiger partial charge on any atom is 0.272 e. The van der Waals surface area contributed by atoms with Crippen LogP contribution in [0.2, 0.25) is 0 Å². The molecule has 0 saturated heterocycles. The van der Waals surface area contributed by atoms with Crippen molar-refractivity contribution in [2.75, 3.05) is 0 Å². The number of aryl methyl sites for hydroxylation is 1. The second kappa shape index (κ2) is 5.72. The Morgan fingerprint density at radius 2 is 2.05 bits per heavy atom. The minimum absolute atomic E-state index is 0.0358. The number of ether oxygens (including phenoxy) is 1. The maximum atomic E-state index is 10.7. The van der Waals surface area contributed by atoms with Crippen LogP contribution in [-0.4, -0.2) is 4.92 Å². The molecular weight excluding hydrogens is 324 g/mol. The summed E-state index contributed by atoms with van der Waals surface area (Å²) in [6.07, 6.45) is 0. The SMILES string of the molecule is Cc1cc(Oc2ccc(Br)cc2C#N)ccc1[N+](=O)[O-]. The molecule has 0 spiro atoms. The monoisotopic (exact) mass is 332 g/mol. The van der Waals surface area contributed by atoms with E-state index in [1.54, 1.807) is 31.2 Å². The minimum Gasteiger partial charge on any atom is -0.456 e. The molecule has 0 heterocycles. The van der Waals surface area contributed by atoms with E-state index >= 15 is 0 Å². The van der Waals surface area contributed by atoms with Gasteiger partial charge in [0.05, 0.1) is 10.5 Å². The lowest BCUT2D eigenvalue weighted by Gasteiger charge is -2.08. The number of halogens is 1. The molecule has 0 aliphatic heterocycles. The second-order valence-electron chi connectivity index (χ2n) is 4.06. The highest BCUT2D eigenvalue weighted by atomic mass is 79.9. The van der Waals surface area contributed by atoms with Gasteiger partial charge in [-0.3, -0.25) is 10.1 Å². The Bertz CT molecular complexity index is 723. The number of nitro benzene ring substituents is 1. The van der Waals surface area contributed by atoms with Crippen LogP contribution in [-0.2, 0) is 0 Å². The molecule has 0 radical (unpaired) electrons. The molecule has 2 aromatic rings. The standard InChI is InChI=1S/C14H9BrN2O3/c1-9-6-12(3-4-13(9)17(18)19)20-14-5-2-11(15)7-10(14)8-16/h2-7H,1H3. The summed E-state index contributed by atoms with van der Waals surface area (Å²) in [6.45, 7) is 1.64. The van der Waals surface area contributed by atoms with E-state index in [0.717, 1.165) is 4.47 Å². The molecule has 0 aliphatic carbocycles. The Hall–Kier alpha value is -2.39. The zero-order chi connectivity index (χ0) is 14.7. The lowest BCUT2D eigenvalue weighted by atomic mass is 10.2. The lowest BCUT2D eigenvalue weighted by Crippen LogP contribution is -1.93. The third kappa shape index (κ3) is 2.95. The third-order valence-corrected chi connectivity index (χ3v) is 3.15. The number of hydrogen-bond acceptors (Lipinski definition) is 4. The average molecular weight is 333 g/mol. The highest BCUT2D eigenvalue weighted by molar-refractivity contribution is 9.10. The Labute approximate surface area is 123 Å². The van der Waals surface area contributed by atoms with Crippen molar-refractivity contribution < 1.29 is 9.66 Å². The molecule has 2 rings (SSSR count). The van der Waals surface area contributed by atoms with Crippen molar-refractivity contribution in [1.29, 1.82) is 5.26 Å². The molecule has 0 bridgehead atoms. The summed E-state index contributed by atoms with van der Waals surface area (Å²) in [5.41, 5.74) is 0.923. The van der Waals surface area contributed by atoms with Gasteiger partial charge < -0.3 is 4.74 Å². The first-order valence-corrected chi connectivity index (χ1v) is 6.43. The van der Waals surface area contributed by atoms with E-state index in [2.05, 4.69) is 15.9 Å². The fourth-order valence-electron chi connectivity index (χ4n) is 1.70. The van der Waals surface area contributed by atoms with Gasteiger partial charge in [0.25, 0.3) is 5.69 Å².